The fourth-order valence-corrected chi connectivity index (χ4v) is 2.86. The monoisotopic (exact) mass is 316 g/mol. The molecule has 1 unspecified atom stereocenters. The van der Waals surface area contributed by atoms with Crippen molar-refractivity contribution in [2.75, 3.05) is 6.61 Å². The molecular weight excluding hydrogens is 304 g/mol. The second-order valence-electron chi connectivity index (χ2n) is 4.70. The molecule has 2 nitrogen and oxygen atoms in total. The van der Waals surface area contributed by atoms with Crippen LogP contribution in [0.5, 0.6) is 0 Å². The molecule has 1 aliphatic heterocycles. The molecule has 0 N–H and O–H groups in total. The fraction of sp³-hybridized carbons (Fsp3) is 0.188. The summed E-state index contributed by atoms with van der Waals surface area (Å²) in [5, 5.41) is 2.28. The van der Waals surface area contributed by atoms with Gasteiger partial charge in [-0.05, 0) is 33.3 Å². The quantitative estimate of drug-likeness (QED) is 0.739. The van der Waals surface area contributed by atoms with Crippen LogP contribution in [-0.2, 0) is 9.53 Å². The number of benzene rings is 2. The molecule has 0 spiro atoms. The van der Waals surface area contributed by atoms with E-state index in [0.717, 1.165) is 28.3 Å². The van der Waals surface area contributed by atoms with Crippen LogP contribution in [0.3, 0.4) is 0 Å². The van der Waals surface area contributed by atoms with Crippen molar-refractivity contribution >= 4 is 32.7 Å². The highest BCUT2D eigenvalue weighted by Gasteiger charge is 2.29. The zero-order chi connectivity index (χ0) is 13.2. The SMILES string of the molecule is O=C1OCC(=CBr)CC1c1cccc2ccccc12. The molecule has 1 aliphatic rings. The molecule has 0 aliphatic carbocycles. The van der Waals surface area contributed by atoms with Crippen molar-refractivity contribution in [1.82, 2.24) is 0 Å². The first-order chi connectivity index (χ1) is 9.29. The first-order valence-corrected chi connectivity index (χ1v) is 7.13. The summed E-state index contributed by atoms with van der Waals surface area (Å²) in [6, 6.07) is 14.2. The van der Waals surface area contributed by atoms with E-state index in [1.165, 1.54) is 0 Å². The van der Waals surface area contributed by atoms with E-state index in [0.29, 0.717) is 6.61 Å². The van der Waals surface area contributed by atoms with E-state index in [9.17, 15) is 4.79 Å². The Labute approximate surface area is 120 Å². The lowest BCUT2D eigenvalue weighted by molar-refractivity contribution is -0.146. The van der Waals surface area contributed by atoms with E-state index in [1.807, 2.05) is 29.3 Å². The molecule has 0 amide bonds. The number of hydrogen-bond acceptors (Lipinski definition) is 2. The lowest BCUT2D eigenvalue weighted by Crippen LogP contribution is -2.24. The van der Waals surface area contributed by atoms with Gasteiger partial charge < -0.3 is 4.74 Å². The summed E-state index contributed by atoms with van der Waals surface area (Å²) in [7, 11) is 0. The van der Waals surface area contributed by atoms with Crippen LogP contribution in [0.4, 0.5) is 0 Å². The van der Waals surface area contributed by atoms with Gasteiger partial charge in [0.05, 0.1) is 5.92 Å². The summed E-state index contributed by atoms with van der Waals surface area (Å²) < 4.78 is 5.26. The lowest BCUT2D eigenvalue weighted by Gasteiger charge is -2.24. The summed E-state index contributed by atoms with van der Waals surface area (Å²) in [4.78, 5) is 13.9. The molecule has 3 heteroatoms. The van der Waals surface area contributed by atoms with E-state index in [2.05, 4.69) is 34.1 Å². The van der Waals surface area contributed by atoms with Crippen molar-refractivity contribution < 1.29 is 9.53 Å². The van der Waals surface area contributed by atoms with Gasteiger partial charge in [-0.1, -0.05) is 58.4 Å². The fourth-order valence-electron chi connectivity index (χ4n) is 2.54. The molecule has 2 aromatic rings. The van der Waals surface area contributed by atoms with Crippen molar-refractivity contribution in [1.29, 1.82) is 0 Å². The smallest absolute Gasteiger partial charge is 0.314 e. The van der Waals surface area contributed by atoms with E-state index in [4.69, 9.17) is 4.74 Å². The Kier molecular flexibility index (Phi) is 3.38. The van der Waals surface area contributed by atoms with Crippen molar-refractivity contribution in [2.24, 2.45) is 0 Å². The minimum Gasteiger partial charge on any atom is -0.461 e. The van der Waals surface area contributed by atoms with Crippen molar-refractivity contribution in [3.63, 3.8) is 0 Å². The number of ether oxygens (including phenoxy) is 1. The Bertz CT molecular complexity index is 655. The Morgan fingerprint density at radius 3 is 2.79 bits per heavy atom. The number of carbonyl (C=O) groups excluding carboxylic acids is 1. The Morgan fingerprint density at radius 1 is 1.16 bits per heavy atom. The first kappa shape index (κ1) is 12.4. The number of carbonyl (C=O) groups is 1. The van der Waals surface area contributed by atoms with Gasteiger partial charge >= 0.3 is 5.97 Å². The molecule has 1 heterocycles. The van der Waals surface area contributed by atoms with E-state index >= 15 is 0 Å². The van der Waals surface area contributed by atoms with Crippen LogP contribution >= 0.6 is 15.9 Å². The highest BCUT2D eigenvalue weighted by atomic mass is 79.9. The maximum atomic E-state index is 12.0. The lowest BCUT2D eigenvalue weighted by atomic mass is 9.87. The molecule has 1 fully saturated rings. The van der Waals surface area contributed by atoms with Crippen LogP contribution in [0.15, 0.2) is 53.0 Å². The maximum absolute atomic E-state index is 12.0. The number of hydrogen-bond donors (Lipinski definition) is 0. The standard InChI is InChI=1S/C16H13BrO2/c17-9-11-8-15(16(18)19-10-11)14-7-3-5-12-4-1-2-6-13(12)14/h1-7,9,15H,8,10H2. The van der Waals surface area contributed by atoms with Gasteiger partial charge in [0.1, 0.15) is 6.61 Å². The summed E-state index contributed by atoms with van der Waals surface area (Å²) in [6.07, 6.45) is 0.720. The van der Waals surface area contributed by atoms with Crippen molar-refractivity contribution in [2.45, 2.75) is 12.3 Å². The van der Waals surface area contributed by atoms with Gasteiger partial charge in [-0.15, -0.1) is 0 Å². The summed E-state index contributed by atoms with van der Waals surface area (Å²) in [5.74, 6) is -0.335. The maximum Gasteiger partial charge on any atom is 0.314 e. The second-order valence-corrected chi connectivity index (χ2v) is 5.16. The third kappa shape index (κ3) is 2.30. The van der Waals surface area contributed by atoms with Gasteiger partial charge in [0.25, 0.3) is 0 Å². The average Bonchev–Trinajstić information content (AvgIpc) is 2.47. The van der Waals surface area contributed by atoms with Crippen LogP contribution < -0.4 is 0 Å². The summed E-state index contributed by atoms with van der Waals surface area (Å²) >= 11 is 3.33. The number of rotatable bonds is 1. The van der Waals surface area contributed by atoms with Crippen molar-refractivity contribution in [3.8, 4) is 0 Å². The molecule has 0 saturated carbocycles. The largest absolute Gasteiger partial charge is 0.461 e. The molecule has 1 atom stereocenters. The third-order valence-electron chi connectivity index (χ3n) is 3.50. The topological polar surface area (TPSA) is 26.3 Å². The molecule has 1 saturated heterocycles. The minimum absolute atomic E-state index is 0.130. The Balaban J connectivity index is 2.10. The predicted molar refractivity (Wildman–Crippen MR) is 79.3 cm³/mol. The van der Waals surface area contributed by atoms with Crippen molar-refractivity contribution in [3.05, 3.63) is 58.6 Å². The highest BCUT2D eigenvalue weighted by molar-refractivity contribution is 9.11. The van der Waals surface area contributed by atoms with E-state index in [1.54, 1.807) is 0 Å². The van der Waals surface area contributed by atoms with Gasteiger partial charge in [0.2, 0.25) is 0 Å². The van der Waals surface area contributed by atoms with Crippen LogP contribution in [-0.4, -0.2) is 12.6 Å². The van der Waals surface area contributed by atoms with E-state index < -0.39 is 0 Å². The van der Waals surface area contributed by atoms with Crippen LogP contribution in [0.1, 0.15) is 17.9 Å². The normalized spacial score (nSPS) is 21.6. The van der Waals surface area contributed by atoms with Gasteiger partial charge in [-0.2, -0.15) is 0 Å². The summed E-state index contributed by atoms with van der Waals surface area (Å²) in [5.41, 5.74) is 2.16. The zero-order valence-electron chi connectivity index (χ0n) is 10.3. The molecule has 0 aromatic heterocycles. The second kappa shape index (κ2) is 5.17. The number of fused-ring (bicyclic) bond motifs is 1. The number of halogens is 1. The van der Waals surface area contributed by atoms with Gasteiger partial charge in [-0.3, -0.25) is 4.79 Å². The predicted octanol–water partition coefficient (Wildman–Crippen LogP) is 4.15. The van der Waals surface area contributed by atoms with Gasteiger partial charge in [-0.25, -0.2) is 0 Å². The number of esters is 1. The van der Waals surface area contributed by atoms with E-state index in [-0.39, 0.29) is 11.9 Å². The average molecular weight is 317 g/mol. The molecular formula is C16H13BrO2. The first-order valence-electron chi connectivity index (χ1n) is 6.22. The van der Waals surface area contributed by atoms with Crippen LogP contribution in [0.25, 0.3) is 10.8 Å². The molecule has 19 heavy (non-hydrogen) atoms. The minimum atomic E-state index is -0.205. The number of cyclic esters (lactones) is 1. The Morgan fingerprint density at radius 2 is 1.95 bits per heavy atom. The van der Waals surface area contributed by atoms with Crippen LogP contribution in [0.2, 0.25) is 0 Å². The zero-order valence-corrected chi connectivity index (χ0v) is 11.9. The van der Waals surface area contributed by atoms with Crippen LogP contribution in [0, 0.1) is 0 Å². The molecule has 0 radical (unpaired) electrons. The molecule has 96 valence electrons. The molecule has 0 bridgehead atoms. The summed E-state index contributed by atoms with van der Waals surface area (Å²) in [6.45, 7) is 0.394. The highest BCUT2D eigenvalue weighted by Crippen LogP contribution is 2.34. The van der Waals surface area contributed by atoms with Gasteiger partial charge in [0, 0.05) is 0 Å². The molecule has 3 rings (SSSR count). The molecule has 2 aromatic carbocycles. The Hall–Kier alpha value is -1.61. The van der Waals surface area contributed by atoms with Gasteiger partial charge in [0.15, 0.2) is 0 Å². The third-order valence-corrected chi connectivity index (χ3v) is 4.15.